The van der Waals surface area contributed by atoms with E-state index in [0.717, 1.165) is 18.9 Å². The minimum Gasteiger partial charge on any atom is -0.353 e. The standard InChI is InChI=1S/C14H18N4O2S/c19-13-10-21-9-11(16-13)14(20)18-7-5-17(6-8-18)12-3-1-2-4-15-12/h1-4,11H,5-10H2,(H,16,19). The topological polar surface area (TPSA) is 65.5 Å². The second kappa shape index (κ2) is 6.34. The number of piperazine rings is 1. The van der Waals surface area contributed by atoms with Gasteiger partial charge in [0.05, 0.1) is 5.75 Å². The van der Waals surface area contributed by atoms with Crippen LogP contribution in [-0.4, -0.2) is 65.4 Å². The maximum absolute atomic E-state index is 12.4. The Bertz CT molecular complexity index is 517. The van der Waals surface area contributed by atoms with E-state index in [0.29, 0.717) is 24.6 Å². The molecule has 112 valence electrons. The molecule has 2 saturated heterocycles. The van der Waals surface area contributed by atoms with Crippen LogP contribution in [0.2, 0.25) is 0 Å². The van der Waals surface area contributed by atoms with Gasteiger partial charge in [0.1, 0.15) is 11.9 Å². The van der Waals surface area contributed by atoms with Gasteiger partial charge in [0.25, 0.3) is 0 Å². The minimum absolute atomic E-state index is 0.0382. The summed E-state index contributed by atoms with van der Waals surface area (Å²) in [7, 11) is 0. The van der Waals surface area contributed by atoms with Gasteiger partial charge in [-0.1, -0.05) is 6.07 Å². The summed E-state index contributed by atoms with van der Waals surface area (Å²) < 4.78 is 0. The Kier molecular flexibility index (Phi) is 4.28. The van der Waals surface area contributed by atoms with Crippen molar-refractivity contribution in [3.63, 3.8) is 0 Å². The van der Waals surface area contributed by atoms with Crippen molar-refractivity contribution < 1.29 is 9.59 Å². The van der Waals surface area contributed by atoms with Crippen LogP contribution in [-0.2, 0) is 9.59 Å². The van der Waals surface area contributed by atoms with E-state index in [-0.39, 0.29) is 17.9 Å². The fraction of sp³-hybridized carbons (Fsp3) is 0.500. The molecule has 0 radical (unpaired) electrons. The van der Waals surface area contributed by atoms with Crippen LogP contribution < -0.4 is 10.2 Å². The minimum atomic E-state index is -0.363. The summed E-state index contributed by atoms with van der Waals surface area (Å²) >= 11 is 1.52. The molecule has 2 aliphatic heterocycles. The molecule has 7 heteroatoms. The molecule has 0 bridgehead atoms. The van der Waals surface area contributed by atoms with Gasteiger partial charge in [-0.25, -0.2) is 4.98 Å². The fourth-order valence-electron chi connectivity index (χ4n) is 2.60. The predicted octanol–water partition coefficient (Wildman–Crippen LogP) is -0.0382. The molecule has 3 heterocycles. The summed E-state index contributed by atoms with van der Waals surface area (Å²) in [5.41, 5.74) is 0. The highest BCUT2D eigenvalue weighted by molar-refractivity contribution is 8.00. The molecule has 1 aromatic heterocycles. The number of hydrogen-bond acceptors (Lipinski definition) is 5. The van der Waals surface area contributed by atoms with Gasteiger partial charge in [-0.15, -0.1) is 11.8 Å². The third kappa shape index (κ3) is 3.29. The van der Waals surface area contributed by atoms with Crippen molar-refractivity contribution in [2.45, 2.75) is 6.04 Å². The average Bonchev–Trinajstić information content (AvgIpc) is 2.55. The number of nitrogens with one attached hydrogen (secondary N) is 1. The molecule has 3 rings (SSSR count). The smallest absolute Gasteiger partial charge is 0.246 e. The van der Waals surface area contributed by atoms with Gasteiger partial charge in [0.15, 0.2) is 0 Å². The molecular weight excluding hydrogens is 288 g/mol. The molecule has 0 aliphatic carbocycles. The molecule has 2 fully saturated rings. The summed E-state index contributed by atoms with van der Waals surface area (Å²) in [4.78, 5) is 32.1. The third-order valence-electron chi connectivity index (χ3n) is 3.72. The zero-order valence-electron chi connectivity index (χ0n) is 11.7. The van der Waals surface area contributed by atoms with Gasteiger partial charge >= 0.3 is 0 Å². The van der Waals surface area contributed by atoms with Crippen molar-refractivity contribution in [3.8, 4) is 0 Å². The molecule has 2 amide bonds. The SMILES string of the molecule is O=C1CSCC(C(=O)N2CCN(c3ccccn3)CC2)N1. The normalized spacial score (nSPS) is 22.9. The van der Waals surface area contributed by atoms with Crippen molar-refractivity contribution in [2.24, 2.45) is 0 Å². The van der Waals surface area contributed by atoms with Crippen molar-refractivity contribution in [3.05, 3.63) is 24.4 Å². The second-order valence-corrected chi connectivity index (χ2v) is 6.17. The van der Waals surface area contributed by atoms with Crippen molar-refractivity contribution in [1.29, 1.82) is 0 Å². The number of rotatable bonds is 2. The second-order valence-electron chi connectivity index (χ2n) is 5.14. The molecule has 0 aromatic carbocycles. The van der Waals surface area contributed by atoms with E-state index in [4.69, 9.17) is 0 Å². The first kappa shape index (κ1) is 14.2. The average molecular weight is 306 g/mol. The van der Waals surface area contributed by atoms with E-state index in [2.05, 4.69) is 15.2 Å². The van der Waals surface area contributed by atoms with Crippen LogP contribution in [0, 0.1) is 0 Å². The highest BCUT2D eigenvalue weighted by Crippen LogP contribution is 2.15. The highest BCUT2D eigenvalue weighted by atomic mass is 32.2. The van der Waals surface area contributed by atoms with Crippen LogP contribution >= 0.6 is 11.8 Å². The summed E-state index contributed by atoms with van der Waals surface area (Å²) in [5, 5.41) is 2.78. The van der Waals surface area contributed by atoms with Crippen LogP contribution in [0.25, 0.3) is 0 Å². The number of amides is 2. The molecule has 6 nitrogen and oxygen atoms in total. The molecule has 1 atom stereocenters. The van der Waals surface area contributed by atoms with Gasteiger partial charge in [0, 0.05) is 38.1 Å². The predicted molar refractivity (Wildman–Crippen MR) is 82.3 cm³/mol. The van der Waals surface area contributed by atoms with Crippen molar-refractivity contribution in [2.75, 3.05) is 42.6 Å². The Hall–Kier alpha value is -1.76. The Morgan fingerprint density at radius 2 is 2.10 bits per heavy atom. The lowest BCUT2D eigenvalue weighted by atomic mass is 10.2. The summed E-state index contributed by atoms with van der Waals surface area (Å²) in [5.74, 6) is 2.07. The highest BCUT2D eigenvalue weighted by Gasteiger charge is 2.30. The largest absolute Gasteiger partial charge is 0.353 e. The van der Waals surface area contributed by atoms with E-state index in [1.165, 1.54) is 11.8 Å². The monoisotopic (exact) mass is 306 g/mol. The fourth-order valence-corrected chi connectivity index (χ4v) is 3.45. The molecule has 1 N–H and O–H groups in total. The lowest BCUT2D eigenvalue weighted by Crippen LogP contribution is -2.57. The molecule has 21 heavy (non-hydrogen) atoms. The van der Waals surface area contributed by atoms with Crippen LogP contribution in [0.5, 0.6) is 0 Å². The summed E-state index contributed by atoms with van der Waals surface area (Å²) in [6.07, 6.45) is 1.78. The van der Waals surface area contributed by atoms with E-state index >= 15 is 0 Å². The summed E-state index contributed by atoms with van der Waals surface area (Å²) in [6, 6.07) is 5.48. The number of thioether (sulfide) groups is 1. The maximum Gasteiger partial charge on any atom is 0.246 e. The number of nitrogens with zero attached hydrogens (tertiary/aromatic N) is 3. The lowest BCUT2D eigenvalue weighted by molar-refractivity contribution is -0.135. The first-order chi connectivity index (χ1) is 10.2. The Morgan fingerprint density at radius 1 is 1.29 bits per heavy atom. The number of carbonyl (C=O) groups is 2. The van der Waals surface area contributed by atoms with E-state index in [9.17, 15) is 9.59 Å². The van der Waals surface area contributed by atoms with Crippen LogP contribution in [0.15, 0.2) is 24.4 Å². The van der Waals surface area contributed by atoms with Gasteiger partial charge in [-0.3, -0.25) is 9.59 Å². The van der Waals surface area contributed by atoms with E-state index in [1.54, 1.807) is 6.20 Å². The zero-order chi connectivity index (χ0) is 14.7. The molecule has 0 spiro atoms. The summed E-state index contributed by atoms with van der Waals surface area (Å²) in [6.45, 7) is 2.89. The Morgan fingerprint density at radius 3 is 2.76 bits per heavy atom. The van der Waals surface area contributed by atoms with Gasteiger partial charge in [-0.05, 0) is 12.1 Å². The first-order valence-electron chi connectivity index (χ1n) is 7.06. The van der Waals surface area contributed by atoms with Crippen LogP contribution in [0.3, 0.4) is 0 Å². The van der Waals surface area contributed by atoms with Gasteiger partial charge in [-0.2, -0.15) is 0 Å². The van der Waals surface area contributed by atoms with E-state index < -0.39 is 0 Å². The number of anilines is 1. The Labute approximate surface area is 127 Å². The Balaban J connectivity index is 1.55. The van der Waals surface area contributed by atoms with Crippen LogP contribution in [0.1, 0.15) is 0 Å². The van der Waals surface area contributed by atoms with Gasteiger partial charge in [0.2, 0.25) is 11.8 Å². The zero-order valence-corrected chi connectivity index (χ0v) is 12.5. The molecular formula is C14H18N4O2S. The third-order valence-corrected chi connectivity index (χ3v) is 4.75. The number of pyridine rings is 1. The van der Waals surface area contributed by atoms with Crippen molar-refractivity contribution in [1.82, 2.24) is 15.2 Å². The molecule has 0 saturated carbocycles. The number of aromatic nitrogens is 1. The molecule has 1 aromatic rings. The number of carbonyl (C=O) groups excluding carboxylic acids is 2. The lowest BCUT2D eigenvalue weighted by Gasteiger charge is -2.37. The quantitative estimate of drug-likeness (QED) is 0.831. The maximum atomic E-state index is 12.4. The number of hydrogen-bond donors (Lipinski definition) is 1. The van der Waals surface area contributed by atoms with E-state index in [1.807, 2.05) is 23.1 Å². The molecule has 1 unspecified atom stereocenters. The first-order valence-corrected chi connectivity index (χ1v) is 8.21. The molecule has 2 aliphatic rings. The van der Waals surface area contributed by atoms with Crippen molar-refractivity contribution >= 4 is 29.4 Å². The van der Waals surface area contributed by atoms with Crippen LogP contribution in [0.4, 0.5) is 5.82 Å². The van der Waals surface area contributed by atoms with Gasteiger partial charge < -0.3 is 15.1 Å².